The fraction of sp³-hybridized carbons (Fsp3) is 0.875. The maximum absolute atomic E-state index is 12.0. The van der Waals surface area contributed by atoms with Crippen LogP contribution in [0.3, 0.4) is 0 Å². The van der Waals surface area contributed by atoms with Crippen LogP contribution in [0, 0.1) is 5.92 Å². The molecule has 0 aliphatic heterocycles. The van der Waals surface area contributed by atoms with Gasteiger partial charge in [-0.2, -0.15) is 0 Å². The van der Waals surface area contributed by atoms with Gasteiger partial charge < -0.3 is 23.4 Å². The third-order valence-corrected chi connectivity index (χ3v) is 4.47. The van der Waals surface area contributed by atoms with E-state index in [9.17, 15) is 19.0 Å². The molecule has 0 amide bonds. The molecule has 0 fully saturated rings. The Labute approximate surface area is 155 Å². The second-order valence-electron chi connectivity index (χ2n) is 7.10. The first-order valence-corrected chi connectivity index (χ1v) is 10.0. The average Bonchev–Trinajstić information content (AvgIpc) is 2.55. The molecule has 0 heterocycles. The van der Waals surface area contributed by atoms with Crippen LogP contribution in [0.1, 0.15) is 39.5 Å². The minimum absolute atomic E-state index is 0.00958. The topological polar surface area (TPSA) is 111 Å². The first-order valence-electron chi connectivity index (χ1n) is 8.58. The predicted molar refractivity (Wildman–Crippen MR) is 92.7 cm³/mol. The summed E-state index contributed by atoms with van der Waals surface area (Å²) >= 11 is 0. The van der Waals surface area contributed by atoms with Gasteiger partial charge in [0.25, 0.3) is 7.82 Å². The minimum atomic E-state index is -4.56. The average molecular weight is 397 g/mol. The molecule has 0 aromatic heterocycles. The molecule has 0 bridgehead atoms. The number of hydrogen-bond donors (Lipinski definition) is 0. The fourth-order valence-electron chi connectivity index (χ4n) is 1.69. The molecule has 0 saturated heterocycles. The van der Waals surface area contributed by atoms with Gasteiger partial charge in [0.1, 0.15) is 0 Å². The van der Waals surface area contributed by atoms with Crippen LogP contribution in [0.4, 0.5) is 0 Å². The van der Waals surface area contributed by atoms with Gasteiger partial charge >= 0.3 is 11.9 Å². The van der Waals surface area contributed by atoms with Crippen molar-refractivity contribution in [2.45, 2.75) is 45.6 Å². The molecule has 3 atom stereocenters. The number of nitrogens with zero attached hydrogens (tertiary/aromatic N) is 1. The zero-order chi connectivity index (χ0) is 20.4. The summed E-state index contributed by atoms with van der Waals surface area (Å²) in [6.07, 6.45) is 0.00716. The number of quaternary nitrogens is 1. The lowest BCUT2D eigenvalue weighted by Gasteiger charge is -2.31. The van der Waals surface area contributed by atoms with Gasteiger partial charge in [-0.25, -0.2) is 0 Å². The molecule has 0 spiro atoms. The molecule has 3 unspecified atom stereocenters. The van der Waals surface area contributed by atoms with Gasteiger partial charge in [0.2, 0.25) is 0 Å². The van der Waals surface area contributed by atoms with E-state index in [1.165, 1.54) is 7.11 Å². The van der Waals surface area contributed by atoms with Crippen LogP contribution in [0.2, 0.25) is 0 Å². The van der Waals surface area contributed by atoms with Crippen LogP contribution in [-0.4, -0.2) is 64.1 Å². The number of carbonyl (C=O) groups excluding carboxylic acids is 2. The van der Waals surface area contributed by atoms with Crippen molar-refractivity contribution >= 4 is 19.8 Å². The predicted octanol–water partition coefficient (Wildman–Crippen LogP) is 1.45. The van der Waals surface area contributed by atoms with E-state index in [0.717, 1.165) is 0 Å². The lowest BCUT2D eigenvalue weighted by Crippen LogP contribution is -2.37. The van der Waals surface area contributed by atoms with Crippen LogP contribution in [0.5, 0.6) is 0 Å². The van der Waals surface area contributed by atoms with E-state index >= 15 is 0 Å². The smallest absolute Gasteiger partial charge is 0.308 e. The molecule has 26 heavy (non-hydrogen) atoms. The maximum Gasteiger partial charge on any atom is 0.308 e. The quantitative estimate of drug-likeness (QED) is 0.199. The molecule has 0 aromatic carbocycles. The van der Waals surface area contributed by atoms with Gasteiger partial charge in [-0.3, -0.25) is 18.7 Å². The van der Waals surface area contributed by atoms with Crippen molar-refractivity contribution in [1.82, 2.24) is 0 Å². The van der Waals surface area contributed by atoms with Crippen molar-refractivity contribution in [3.63, 3.8) is 0 Å². The van der Waals surface area contributed by atoms with Crippen molar-refractivity contribution in [3.05, 3.63) is 0 Å². The van der Waals surface area contributed by atoms with Crippen molar-refractivity contribution in [2.24, 2.45) is 5.92 Å². The van der Waals surface area contributed by atoms with E-state index in [4.69, 9.17) is 13.8 Å². The van der Waals surface area contributed by atoms with Crippen molar-refractivity contribution in [3.8, 4) is 0 Å². The summed E-state index contributed by atoms with van der Waals surface area (Å²) < 4.78 is 31.9. The lowest BCUT2D eigenvalue weighted by molar-refractivity contribution is -0.887. The largest absolute Gasteiger partial charge is 0.756 e. The summed E-state index contributed by atoms with van der Waals surface area (Å²) in [5.41, 5.74) is 0. The standard InChI is InChI=1S/C16H32NO8P/c1-7-13(2)16(19)23-11-10-14(8-9-15(18)22-6)25-26(20,21)24-12-17(3,4)5/h13-14H,7-12H2,1-6H3. The number of ether oxygens (including phenoxy) is 2. The first kappa shape index (κ1) is 25.0. The van der Waals surface area contributed by atoms with Crippen LogP contribution >= 0.6 is 7.82 Å². The summed E-state index contributed by atoms with van der Waals surface area (Å²) in [5.74, 6) is -1.07. The SMILES string of the molecule is CCC(C)C(=O)OCCC(CCC(=O)OC)OP(=O)([O-])OC[N+](C)(C)C. The highest BCUT2D eigenvalue weighted by molar-refractivity contribution is 7.45. The Morgan fingerprint density at radius 3 is 2.31 bits per heavy atom. The van der Waals surface area contributed by atoms with Crippen LogP contribution < -0.4 is 4.89 Å². The summed E-state index contributed by atoms with van der Waals surface area (Å²) in [4.78, 5) is 35.0. The normalized spacial score (nSPS) is 16.4. The zero-order valence-corrected chi connectivity index (χ0v) is 17.5. The molecule has 154 valence electrons. The van der Waals surface area contributed by atoms with Gasteiger partial charge in [-0.15, -0.1) is 0 Å². The number of esters is 2. The fourth-order valence-corrected chi connectivity index (χ4v) is 2.81. The number of hydrogen-bond acceptors (Lipinski definition) is 8. The molecule has 0 aromatic rings. The molecule has 0 rings (SSSR count). The second kappa shape index (κ2) is 11.7. The molecule has 0 aliphatic carbocycles. The molecule has 0 saturated carbocycles. The first-order chi connectivity index (χ1) is 11.9. The van der Waals surface area contributed by atoms with E-state index < -0.39 is 19.9 Å². The van der Waals surface area contributed by atoms with Crippen LogP contribution in [0.25, 0.3) is 0 Å². The Morgan fingerprint density at radius 1 is 1.19 bits per heavy atom. The van der Waals surface area contributed by atoms with Crippen LogP contribution in [-0.2, 0) is 32.7 Å². The van der Waals surface area contributed by atoms with E-state index in [1.54, 1.807) is 28.1 Å². The molecular weight excluding hydrogens is 365 g/mol. The minimum Gasteiger partial charge on any atom is -0.756 e. The van der Waals surface area contributed by atoms with Gasteiger partial charge in [-0.1, -0.05) is 13.8 Å². The molecule has 0 N–H and O–H groups in total. The van der Waals surface area contributed by atoms with E-state index in [2.05, 4.69) is 4.74 Å². The van der Waals surface area contributed by atoms with Crippen molar-refractivity contribution in [1.29, 1.82) is 0 Å². The molecule has 0 aliphatic rings. The van der Waals surface area contributed by atoms with Gasteiger partial charge in [-0.05, 0) is 12.8 Å². The number of carbonyl (C=O) groups is 2. The number of rotatable bonds is 13. The Kier molecular flexibility index (Phi) is 11.2. The highest BCUT2D eigenvalue weighted by Crippen LogP contribution is 2.41. The van der Waals surface area contributed by atoms with Gasteiger partial charge in [0.15, 0.2) is 6.73 Å². The molecular formula is C16H32NO8P. The van der Waals surface area contributed by atoms with Crippen LogP contribution in [0.15, 0.2) is 0 Å². The number of methoxy groups -OCH3 is 1. The Hall–Kier alpha value is -0.990. The zero-order valence-electron chi connectivity index (χ0n) is 16.6. The molecule has 10 heteroatoms. The molecule has 0 radical (unpaired) electrons. The highest BCUT2D eigenvalue weighted by atomic mass is 31.2. The number of phosphoric ester groups is 1. The Balaban J connectivity index is 4.70. The third-order valence-electron chi connectivity index (χ3n) is 3.48. The lowest BCUT2D eigenvalue weighted by atomic mass is 10.1. The monoisotopic (exact) mass is 397 g/mol. The molecule has 9 nitrogen and oxygen atoms in total. The maximum atomic E-state index is 12.0. The second-order valence-corrected chi connectivity index (χ2v) is 8.47. The third kappa shape index (κ3) is 12.4. The summed E-state index contributed by atoms with van der Waals surface area (Å²) in [6, 6.07) is 0. The Morgan fingerprint density at radius 2 is 1.81 bits per heavy atom. The van der Waals surface area contributed by atoms with E-state index in [0.29, 0.717) is 6.42 Å². The summed E-state index contributed by atoms with van der Waals surface area (Å²) in [5, 5.41) is 0. The highest BCUT2D eigenvalue weighted by Gasteiger charge is 2.23. The van der Waals surface area contributed by atoms with Gasteiger partial charge in [0.05, 0.1) is 46.9 Å². The van der Waals surface area contributed by atoms with E-state index in [1.807, 2.05) is 6.92 Å². The summed E-state index contributed by atoms with van der Waals surface area (Å²) in [6.45, 7) is 3.52. The van der Waals surface area contributed by atoms with Gasteiger partial charge in [0, 0.05) is 12.8 Å². The van der Waals surface area contributed by atoms with E-state index in [-0.39, 0.29) is 49.0 Å². The van der Waals surface area contributed by atoms with Crippen molar-refractivity contribution < 1.29 is 42.1 Å². The Bertz CT molecular complexity index is 491. The van der Waals surface area contributed by atoms with Crippen molar-refractivity contribution in [2.75, 3.05) is 41.6 Å². The number of phosphoric acid groups is 1. The summed E-state index contributed by atoms with van der Waals surface area (Å²) in [7, 11) is 1.99.